The first-order valence-corrected chi connectivity index (χ1v) is 8.97. The number of aliphatic imine (C=N–C) groups is 1. The second-order valence-corrected chi connectivity index (χ2v) is 7.18. The number of hydrogen-bond donors (Lipinski definition) is 1. The molecular formula is C17H28N8. The maximum Gasteiger partial charge on any atom is 0.212 e. The molecule has 1 unspecified atom stereocenters. The van der Waals surface area contributed by atoms with Crippen LogP contribution in [0.5, 0.6) is 0 Å². The first kappa shape index (κ1) is 17.7. The molecule has 0 radical (unpaired) electrons. The molecule has 8 nitrogen and oxygen atoms in total. The topological polar surface area (TPSA) is 89.7 Å². The minimum absolute atomic E-state index is 0.285. The van der Waals surface area contributed by atoms with Crippen LogP contribution in [0.15, 0.2) is 11.3 Å². The molecule has 1 aromatic heterocycles. The number of amidine groups is 1. The number of nitrogens with two attached hydrogens (primary N) is 1. The van der Waals surface area contributed by atoms with Crippen LogP contribution in [0.25, 0.3) is 0 Å². The van der Waals surface area contributed by atoms with Crippen LogP contribution in [0.3, 0.4) is 0 Å². The van der Waals surface area contributed by atoms with Crippen LogP contribution in [0.4, 0.5) is 5.82 Å². The minimum atomic E-state index is -0.570. The molecule has 0 spiro atoms. The van der Waals surface area contributed by atoms with Gasteiger partial charge in [-0.1, -0.05) is 12.8 Å². The van der Waals surface area contributed by atoms with Crippen LogP contribution < -0.4 is 10.7 Å². The molecule has 0 aromatic carbocycles. The van der Waals surface area contributed by atoms with E-state index < -0.39 is 6.17 Å². The summed E-state index contributed by atoms with van der Waals surface area (Å²) in [4.78, 5) is 13.2. The highest BCUT2D eigenvalue weighted by Gasteiger charge is 2.34. The van der Waals surface area contributed by atoms with Crippen molar-refractivity contribution in [3.05, 3.63) is 12.0 Å². The minimum Gasteiger partial charge on any atom is -0.325 e. The van der Waals surface area contributed by atoms with Gasteiger partial charge in [-0.3, -0.25) is 5.01 Å². The normalized spacial score (nSPS) is 20.6. The lowest BCUT2D eigenvalue weighted by atomic mass is 10.2. The van der Waals surface area contributed by atoms with E-state index in [1.54, 1.807) is 5.01 Å². The number of aromatic nitrogens is 2. The van der Waals surface area contributed by atoms with Gasteiger partial charge in [0.25, 0.3) is 0 Å². The average Bonchev–Trinajstić information content (AvgIpc) is 3.24. The number of aryl methyl sites for hydroxylation is 1. The number of nitriles is 1. The van der Waals surface area contributed by atoms with E-state index >= 15 is 0 Å². The summed E-state index contributed by atoms with van der Waals surface area (Å²) >= 11 is 0. The molecule has 2 N–H and O–H groups in total. The quantitative estimate of drug-likeness (QED) is 0.633. The van der Waals surface area contributed by atoms with Gasteiger partial charge in [-0.05, 0) is 39.9 Å². The Kier molecular flexibility index (Phi) is 5.25. The highest BCUT2D eigenvalue weighted by molar-refractivity contribution is 6.03. The Morgan fingerprint density at radius 3 is 2.72 bits per heavy atom. The van der Waals surface area contributed by atoms with Gasteiger partial charge in [-0.15, -0.1) is 0 Å². The molecule has 3 rings (SSSR count). The van der Waals surface area contributed by atoms with E-state index in [1.807, 2.05) is 18.3 Å². The van der Waals surface area contributed by atoms with Crippen LogP contribution in [0.2, 0.25) is 0 Å². The van der Waals surface area contributed by atoms with E-state index in [0.717, 1.165) is 43.9 Å². The highest BCUT2D eigenvalue weighted by atomic mass is 15.5. The summed E-state index contributed by atoms with van der Waals surface area (Å²) < 4.78 is 2.11. The van der Waals surface area contributed by atoms with E-state index in [9.17, 15) is 5.26 Å². The van der Waals surface area contributed by atoms with Crippen molar-refractivity contribution in [1.29, 1.82) is 5.26 Å². The molecule has 8 heteroatoms. The van der Waals surface area contributed by atoms with Gasteiger partial charge < -0.3 is 14.4 Å². The summed E-state index contributed by atoms with van der Waals surface area (Å²) in [5.41, 5.74) is 0.785. The van der Waals surface area contributed by atoms with Gasteiger partial charge in [-0.2, -0.15) is 5.26 Å². The summed E-state index contributed by atoms with van der Waals surface area (Å²) in [6.07, 6.45) is 6.82. The Balaban J connectivity index is 1.88. The predicted molar refractivity (Wildman–Crippen MR) is 98.0 cm³/mol. The summed E-state index contributed by atoms with van der Waals surface area (Å²) in [6.45, 7) is 1.86. The van der Waals surface area contributed by atoms with Crippen LogP contribution in [0, 0.1) is 11.3 Å². The van der Waals surface area contributed by atoms with E-state index in [-0.39, 0.29) is 6.04 Å². The zero-order chi connectivity index (χ0) is 18.0. The van der Waals surface area contributed by atoms with Crippen molar-refractivity contribution in [3.63, 3.8) is 0 Å². The lowest BCUT2D eigenvalue weighted by molar-refractivity contribution is 0.322. The van der Waals surface area contributed by atoms with Gasteiger partial charge in [0, 0.05) is 19.6 Å². The lowest BCUT2D eigenvalue weighted by Gasteiger charge is -2.34. The molecule has 0 saturated heterocycles. The number of hydrogen-bond acceptors (Lipinski definition) is 7. The summed E-state index contributed by atoms with van der Waals surface area (Å²) in [5, 5.41) is 11.3. The first-order chi connectivity index (χ1) is 12.0. The number of fused-ring (bicyclic) bond motifs is 1. The molecule has 2 aliphatic rings. The van der Waals surface area contributed by atoms with Crippen LogP contribution in [-0.4, -0.2) is 65.2 Å². The SMILES string of the molecule is CN(C)CCCn1cnc2c1N(C)C(C#N)N=C2N(N)C1CCCC1. The second-order valence-electron chi connectivity index (χ2n) is 7.18. The molecule has 1 aliphatic carbocycles. The number of anilines is 1. The molecular weight excluding hydrogens is 316 g/mol. The molecule has 1 fully saturated rings. The first-order valence-electron chi connectivity index (χ1n) is 8.97. The number of hydrazine groups is 1. The fourth-order valence-corrected chi connectivity index (χ4v) is 3.66. The summed E-state index contributed by atoms with van der Waals surface area (Å²) in [6, 6.07) is 2.55. The monoisotopic (exact) mass is 344 g/mol. The van der Waals surface area contributed by atoms with Crippen molar-refractivity contribution in [2.75, 3.05) is 32.6 Å². The molecule has 0 bridgehead atoms. The third kappa shape index (κ3) is 3.48. The van der Waals surface area contributed by atoms with Crippen molar-refractivity contribution >= 4 is 11.7 Å². The molecule has 1 aliphatic heterocycles. The molecule has 2 heterocycles. The molecule has 0 amide bonds. The predicted octanol–water partition coefficient (Wildman–Crippen LogP) is 0.999. The fraction of sp³-hybridized carbons (Fsp3) is 0.706. The van der Waals surface area contributed by atoms with E-state index in [1.165, 1.54) is 12.8 Å². The van der Waals surface area contributed by atoms with E-state index in [2.05, 4.69) is 39.6 Å². The van der Waals surface area contributed by atoms with Crippen LogP contribution in [0.1, 0.15) is 37.8 Å². The van der Waals surface area contributed by atoms with Crippen molar-refractivity contribution < 1.29 is 0 Å². The number of imidazole rings is 1. The van der Waals surface area contributed by atoms with Gasteiger partial charge >= 0.3 is 0 Å². The highest BCUT2D eigenvalue weighted by Crippen LogP contribution is 2.30. The largest absolute Gasteiger partial charge is 0.325 e. The van der Waals surface area contributed by atoms with Gasteiger partial charge in [0.15, 0.2) is 5.84 Å². The number of rotatable bonds is 5. The Hall–Kier alpha value is -2.11. The lowest BCUT2D eigenvalue weighted by Crippen LogP contribution is -2.49. The van der Waals surface area contributed by atoms with Gasteiger partial charge in [0.1, 0.15) is 17.6 Å². The van der Waals surface area contributed by atoms with Crippen molar-refractivity contribution in [2.45, 2.75) is 50.9 Å². The zero-order valence-electron chi connectivity index (χ0n) is 15.4. The van der Waals surface area contributed by atoms with Gasteiger partial charge in [0.05, 0.1) is 6.33 Å². The van der Waals surface area contributed by atoms with Crippen LogP contribution >= 0.6 is 0 Å². The standard InChI is InChI=1S/C17H28N8/c1-22(2)9-6-10-24-12-20-15-16(25(19)13-7-4-5-8-13)21-14(11-18)23(3)17(15)24/h12-14H,4-10,19H2,1-3H3. The van der Waals surface area contributed by atoms with Crippen LogP contribution in [-0.2, 0) is 6.54 Å². The smallest absolute Gasteiger partial charge is 0.212 e. The maximum atomic E-state index is 9.53. The van der Waals surface area contributed by atoms with Crippen molar-refractivity contribution in [2.24, 2.45) is 10.8 Å². The third-order valence-electron chi connectivity index (χ3n) is 5.05. The van der Waals surface area contributed by atoms with Gasteiger partial charge in [0.2, 0.25) is 6.17 Å². The van der Waals surface area contributed by atoms with E-state index in [4.69, 9.17) is 5.84 Å². The Bertz CT molecular complexity index is 665. The zero-order valence-corrected chi connectivity index (χ0v) is 15.4. The summed E-state index contributed by atoms with van der Waals surface area (Å²) in [7, 11) is 6.04. The second kappa shape index (κ2) is 7.42. The molecule has 1 aromatic rings. The van der Waals surface area contributed by atoms with Gasteiger partial charge in [-0.25, -0.2) is 15.8 Å². The third-order valence-corrected chi connectivity index (χ3v) is 5.05. The van der Waals surface area contributed by atoms with Crippen molar-refractivity contribution in [1.82, 2.24) is 19.5 Å². The fourth-order valence-electron chi connectivity index (χ4n) is 3.66. The number of nitrogens with zero attached hydrogens (tertiary/aromatic N) is 7. The molecule has 25 heavy (non-hydrogen) atoms. The Labute approximate surface area is 149 Å². The maximum absolute atomic E-state index is 9.53. The Morgan fingerprint density at radius 2 is 2.08 bits per heavy atom. The van der Waals surface area contributed by atoms with E-state index in [0.29, 0.717) is 5.84 Å². The molecule has 1 atom stereocenters. The average molecular weight is 344 g/mol. The molecule has 136 valence electrons. The Morgan fingerprint density at radius 1 is 1.36 bits per heavy atom. The molecule has 1 saturated carbocycles. The van der Waals surface area contributed by atoms with Crippen molar-refractivity contribution in [3.8, 4) is 6.07 Å². The summed E-state index contributed by atoms with van der Waals surface area (Å²) in [5.74, 6) is 7.98.